The molecule has 1 unspecified atom stereocenters. The molecule has 8 nitrogen and oxygen atoms in total. The smallest absolute Gasteiger partial charge is 0.315 e. The first-order chi connectivity index (χ1) is 9.51. The van der Waals surface area contributed by atoms with E-state index in [4.69, 9.17) is 9.63 Å². The Balaban J connectivity index is 2.28. The summed E-state index contributed by atoms with van der Waals surface area (Å²) < 4.78 is 4.91. The number of carbonyl (C=O) groups excluding carboxylic acids is 1. The average molecular weight is 284 g/mol. The van der Waals surface area contributed by atoms with E-state index in [1.165, 1.54) is 0 Å². The van der Waals surface area contributed by atoms with Crippen molar-refractivity contribution in [1.29, 1.82) is 0 Å². The van der Waals surface area contributed by atoms with Gasteiger partial charge < -0.3 is 20.3 Å². The lowest BCUT2D eigenvalue weighted by Gasteiger charge is -2.16. The average Bonchev–Trinajstić information content (AvgIpc) is 2.74. The molecule has 112 valence electrons. The van der Waals surface area contributed by atoms with Crippen molar-refractivity contribution in [2.24, 2.45) is 0 Å². The zero-order valence-electron chi connectivity index (χ0n) is 11.7. The minimum absolute atomic E-state index is 0.0793. The molecule has 0 aromatic carbocycles. The quantitative estimate of drug-likeness (QED) is 0.651. The van der Waals surface area contributed by atoms with Gasteiger partial charge in [0.2, 0.25) is 5.89 Å². The third-order valence-corrected chi connectivity index (χ3v) is 2.59. The van der Waals surface area contributed by atoms with Crippen molar-refractivity contribution in [1.82, 2.24) is 20.8 Å². The number of carboxylic acid groups (broad SMARTS) is 1. The fraction of sp³-hybridized carbons (Fsp3) is 0.667. The molecule has 0 aliphatic rings. The van der Waals surface area contributed by atoms with Crippen molar-refractivity contribution in [3.05, 3.63) is 11.7 Å². The van der Waals surface area contributed by atoms with Crippen molar-refractivity contribution in [3.8, 4) is 0 Å². The number of nitrogens with one attached hydrogen (secondary N) is 2. The van der Waals surface area contributed by atoms with Crippen LogP contribution in [0.2, 0.25) is 0 Å². The summed E-state index contributed by atoms with van der Waals surface area (Å²) in [5, 5.41) is 17.7. The van der Waals surface area contributed by atoms with Gasteiger partial charge in [0.1, 0.15) is 0 Å². The van der Waals surface area contributed by atoms with E-state index in [0.717, 1.165) is 6.42 Å². The monoisotopic (exact) mass is 284 g/mol. The SMILES string of the molecule is CCCC(CC(=O)O)NC(=O)NCCc1nc(C)no1. The molecule has 1 atom stereocenters. The summed E-state index contributed by atoms with van der Waals surface area (Å²) in [4.78, 5) is 26.3. The first kappa shape index (κ1) is 15.9. The summed E-state index contributed by atoms with van der Waals surface area (Å²) in [6, 6.07) is -0.746. The molecule has 20 heavy (non-hydrogen) atoms. The van der Waals surface area contributed by atoms with Gasteiger partial charge in [-0.05, 0) is 13.3 Å². The molecule has 0 fully saturated rings. The molecule has 0 saturated carbocycles. The Morgan fingerprint density at radius 3 is 2.75 bits per heavy atom. The van der Waals surface area contributed by atoms with E-state index in [1.807, 2.05) is 6.92 Å². The van der Waals surface area contributed by atoms with Crippen LogP contribution in [-0.2, 0) is 11.2 Å². The van der Waals surface area contributed by atoms with E-state index in [-0.39, 0.29) is 18.5 Å². The molecule has 0 saturated heterocycles. The lowest BCUT2D eigenvalue weighted by atomic mass is 10.1. The van der Waals surface area contributed by atoms with Crippen LogP contribution in [0.3, 0.4) is 0 Å². The Hall–Kier alpha value is -2.12. The van der Waals surface area contributed by atoms with E-state index in [2.05, 4.69) is 20.8 Å². The Labute approximate surface area is 116 Å². The second kappa shape index (κ2) is 8.13. The molecule has 1 heterocycles. The van der Waals surface area contributed by atoms with Gasteiger partial charge in [-0.3, -0.25) is 4.79 Å². The zero-order chi connectivity index (χ0) is 15.0. The largest absolute Gasteiger partial charge is 0.481 e. The number of aliphatic carboxylic acids is 1. The normalized spacial score (nSPS) is 11.9. The minimum Gasteiger partial charge on any atom is -0.481 e. The first-order valence-corrected chi connectivity index (χ1v) is 6.56. The van der Waals surface area contributed by atoms with Crippen LogP contribution in [0.5, 0.6) is 0 Å². The van der Waals surface area contributed by atoms with Crippen LogP contribution in [0.25, 0.3) is 0 Å². The second-order valence-electron chi connectivity index (χ2n) is 4.47. The number of carbonyl (C=O) groups is 2. The Morgan fingerprint density at radius 2 is 2.20 bits per heavy atom. The van der Waals surface area contributed by atoms with Gasteiger partial charge in [-0.15, -0.1) is 0 Å². The predicted octanol–water partition coefficient (Wildman–Crippen LogP) is 0.863. The second-order valence-corrected chi connectivity index (χ2v) is 4.47. The van der Waals surface area contributed by atoms with Crippen LogP contribution in [0, 0.1) is 6.92 Å². The topological polar surface area (TPSA) is 117 Å². The van der Waals surface area contributed by atoms with Crippen molar-refractivity contribution in [3.63, 3.8) is 0 Å². The highest BCUT2D eigenvalue weighted by Gasteiger charge is 2.14. The van der Waals surface area contributed by atoms with Gasteiger partial charge in [-0.2, -0.15) is 4.98 Å². The number of nitrogens with zero attached hydrogens (tertiary/aromatic N) is 2. The maximum absolute atomic E-state index is 11.6. The lowest BCUT2D eigenvalue weighted by molar-refractivity contribution is -0.137. The molecule has 1 rings (SSSR count). The summed E-state index contributed by atoms with van der Waals surface area (Å²) in [6.45, 7) is 4.00. The van der Waals surface area contributed by atoms with Gasteiger partial charge in [-0.1, -0.05) is 18.5 Å². The Bertz CT molecular complexity index is 446. The molecule has 2 amide bonds. The molecule has 0 radical (unpaired) electrons. The number of aromatic nitrogens is 2. The van der Waals surface area contributed by atoms with Gasteiger partial charge in [0.15, 0.2) is 5.82 Å². The van der Waals surface area contributed by atoms with Gasteiger partial charge in [0.25, 0.3) is 0 Å². The summed E-state index contributed by atoms with van der Waals surface area (Å²) in [5.41, 5.74) is 0. The predicted molar refractivity (Wildman–Crippen MR) is 70.2 cm³/mol. The molecule has 0 aliphatic heterocycles. The summed E-state index contributed by atoms with van der Waals surface area (Å²) in [7, 11) is 0. The number of hydrogen-bond acceptors (Lipinski definition) is 5. The van der Waals surface area contributed by atoms with Crippen molar-refractivity contribution >= 4 is 12.0 Å². The highest BCUT2D eigenvalue weighted by Crippen LogP contribution is 2.01. The number of rotatable bonds is 8. The fourth-order valence-electron chi connectivity index (χ4n) is 1.75. The van der Waals surface area contributed by atoms with Crippen molar-refractivity contribution in [2.45, 2.75) is 45.6 Å². The van der Waals surface area contributed by atoms with Crippen LogP contribution in [0.1, 0.15) is 37.9 Å². The van der Waals surface area contributed by atoms with E-state index < -0.39 is 5.97 Å². The molecule has 1 aromatic rings. The number of amides is 2. The maximum atomic E-state index is 11.6. The van der Waals surface area contributed by atoms with Gasteiger partial charge >= 0.3 is 12.0 Å². The van der Waals surface area contributed by atoms with Gasteiger partial charge in [0, 0.05) is 19.0 Å². The molecule has 1 aromatic heterocycles. The minimum atomic E-state index is -0.926. The lowest BCUT2D eigenvalue weighted by Crippen LogP contribution is -2.43. The number of urea groups is 1. The van der Waals surface area contributed by atoms with Gasteiger partial charge in [-0.25, -0.2) is 4.79 Å². The van der Waals surface area contributed by atoms with Crippen molar-refractivity contribution in [2.75, 3.05) is 6.54 Å². The zero-order valence-corrected chi connectivity index (χ0v) is 11.7. The summed E-state index contributed by atoms with van der Waals surface area (Å²) in [6.07, 6.45) is 1.79. The third kappa shape index (κ3) is 6.17. The molecular formula is C12H20N4O4. The van der Waals surface area contributed by atoms with Crippen molar-refractivity contribution < 1.29 is 19.2 Å². The van der Waals surface area contributed by atoms with E-state index in [1.54, 1.807) is 6.92 Å². The van der Waals surface area contributed by atoms with E-state index >= 15 is 0 Å². The fourth-order valence-corrected chi connectivity index (χ4v) is 1.75. The molecule has 0 bridgehead atoms. The number of carboxylic acids is 1. The van der Waals surface area contributed by atoms with Crippen LogP contribution in [0.4, 0.5) is 4.79 Å². The Morgan fingerprint density at radius 1 is 1.45 bits per heavy atom. The summed E-state index contributed by atoms with van der Waals surface area (Å²) in [5.74, 6) is 0.0810. The van der Waals surface area contributed by atoms with E-state index in [9.17, 15) is 9.59 Å². The highest BCUT2D eigenvalue weighted by atomic mass is 16.5. The molecular weight excluding hydrogens is 264 g/mol. The van der Waals surface area contributed by atoms with E-state index in [0.29, 0.717) is 31.1 Å². The van der Waals surface area contributed by atoms with Crippen LogP contribution < -0.4 is 10.6 Å². The summed E-state index contributed by atoms with van der Waals surface area (Å²) >= 11 is 0. The molecule has 0 aliphatic carbocycles. The molecule has 8 heteroatoms. The van der Waals surface area contributed by atoms with Crippen LogP contribution in [0.15, 0.2) is 4.52 Å². The van der Waals surface area contributed by atoms with Crippen LogP contribution >= 0.6 is 0 Å². The van der Waals surface area contributed by atoms with Crippen LogP contribution in [-0.4, -0.2) is 39.8 Å². The number of aryl methyl sites for hydroxylation is 1. The maximum Gasteiger partial charge on any atom is 0.315 e. The Kier molecular flexibility index (Phi) is 6.48. The highest BCUT2D eigenvalue weighted by molar-refractivity contribution is 5.75. The standard InChI is InChI=1S/C12H20N4O4/c1-3-4-9(7-11(17)18)15-12(19)13-6-5-10-14-8(2)16-20-10/h9H,3-7H2,1-2H3,(H,17,18)(H2,13,15,19). The first-order valence-electron chi connectivity index (χ1n) is 6.56. The molecule has 0 spiro atoms. The third-order valence-electron chi connectivity index (χ3n) is 2.59. The number of hydrogen-bond donors (Lipinski definition) is 3. The molecule has 3 N–H and O–H groups in total. The van der Waals surface area contributed by atoms with Gasteiger partial charge in [0.05, 0.1) is 6.42 Å².